The molecular weight excluding hydrogens is 364 g/mol. The molecule has 2 aromatic carbocycles. The highest BCUT2D eigenvalue weighted by Gasteiger charge is 2.27. The molecule has 0 bridgehead atoms. The molecule has 0 N–H and O–H groups in total. The number of rotatable bonds is 4. The predicted octanol–water partition coefficient (Wildman–Crippen LogP) is 4.77. The lowest BCUT2D eigenvalue weighted by Gasteiger charge is -2.22. The van der Waals surface area contributed by atoms with Crippen LogP contribution in [0.5, 0.6) is 0 Å². The van der Waals surface area contributed by atoms with Gasteiger partial charge in [-0.2, -0.15) is 0 Å². The third kappa shape index (κ3) is 3.18. The Morgan fingerprint density at radius 3 is 2.62 bits per heavy atom. The summed E-state index contributed by atoms with van der Waals surface area (Å²) in [5, 5.41) is 0. The van der Waals surface area contributed by atoms with Crippen molar-refractivity contribution in [3.05, 3.63) is 88.7 Å². The van der Waals surface area contributed by atoms with Crippen molar-refractivity contribution >= 4 is 15.9 Å². The monoisotopic (exact) mass is 382 g/mol. The third-order valence-corrected chi connectivity index (χ3v) is 5.02. The van der Waals surface area contributed by atoms with Crippen LogP contribution in [0.3, 0.4) is 0 Å². The number of para-hydroxylation sites is 1. The molecule has 1 fully saturated rings. The molecule has 0 unspecified atom stereocenters. The van der Waals surface area contributed by atoms with Gasteiger partial charge in [-0.1, -0.05) is 42.5 Å². The molecule has 2 heterocycles. The minimum Gasteiger partial charge on any atom is -0.357 e. The van der Waals surface area contributed by atoms with E-state index in [9.17, 15) is 0 Å². The Labute approximate surface area is 150 Å². The van der Waals surface area contributed by atoms with Crippen molar-refractivity contribution in [3.8, 4) is 5.69 Å². The molecule has 1 atom stereocenters. The van der Waals surface area contributed by atoms with Gasteiger partial charge in [-0.05, 0) is 39.7 Å². The van der Waals surface area contributed by atoms with Gasteiger partial charge in [0.15, 0.2) is 0 Å². The van der Waals surface area contributed by atoms with Gasteiger partial charge in [0.2, 0.25) is 0 Å². The average molecular weight is 383 g/mol. The van der Waals surface area contributed by atoms with Crippen molar-refractivity contribution in [3.63, 3.8) is 0 Å². The van der Waals surface area contributed by atoms with Crippen molar-refractivity contribution < 1.29 is 4.74 Å². The first kappa shape index (κ1) is 15.6. The van der Waals surface area contributed by atoms with E-state index in [4.69, 9.17) is 4.74 Å². The van der Waals surface area contributed by atoms with Crippen molar-refractivity contribution in [2.45, 2.75) is 12.8 Å². The highest BCUT2D eigenvalue weighted by Crippen LogP contribution is 2.30. The summed E-state index contributed by atoms with van der Waals surface area (Å²) < 4.78 is 9.23. The van der Waals surface area contributed by atoms with E-state index in [1.165, 1.54) is 11.1 Å². The zero-order valence-electron chi connectivity index (χ0n) is 13.3. The Bertz CT molecular complexity index is 815. The number of nitrogens with zero attached hydrogens (tertiary/aromatic N) is 2. The molecule has 1 saturated heterocycles. The van der Waals surface area contributed by atoms with Gasteiger partial charge in [0, 0.05) is 35.5 Å². The lowest BCUT2D eigenvalue weighted by molar-refractivity contribution is 0.0288. The molecular formula is C20H19BrN2O. The van der Waals surface area contributed by atoms with E-state index in [1.54, 1.807) is 0 Å². The second kappa shape index (κ2) is 6.93. The first-order valence-corrected chi connectivity index (χ1v) is 8.93. The van der Waals surface area contributed by atoms with Crippen LogP contribution in [-0.2, 0) is 11.3 Å². The summed E-state index contributed by atoms with van der Waals surface area (Å²) in [6.07, 6.45) is 4.28. The van der Waals surface area contributed by atoms with Crippen molar-refractivity contribution in [1.29, 1.82) is 0 Å². The molecule has 4 heteroatoms. The van der Waals surface area contributed by atoms with Crippen LogP contribution in [-0.4, -0.2) is 22.6 Å². The highest BCUT2D eigenvalue weighted by molar-refractivity contribution is 9.10. The van der Waals surface area contributed by atoms with Crippen molar-refractivity contribution in [2.75, 3.05) is 13.2 Å². The predicted molar refractivity (Wildman–Crippen MR) is 99.0 cm³/mol. The Hall–Kier alpha value is -1.88. The summed E-state index contributed by atoms with van der Waals surface area (Å²) in [5.41, 5.74) is 3.65. The van der Waals surface area contributed by atoms with E-state index in [0.29, 0.717) is 0 Å². The van der Waals surface area contributed by atoms with E-state index < -0.39 is 0 Å². The molecule has 0 saturated carbocycles. The lowest BCUT2D eigenvalue weighted by atomic mass is 10.2. The maximum atomic E-state index is 6.00. The smallest absolute Gasteiger partial charge is 0.138 e. The van der Waals surface area contributed by atoms with Crippen molar-refractivity contribution in [1.82, 2.24) is 9.47 Å². The number of ether oxygens (including phenoxy) is 1. The van der Waals surface area contributed by atoms with Crippen LogP contribution in [0.1, 0.15) is 17.4 Å². The second-order valence-corrected chi connectivity index (χ2v) is 6.84. The first-order chi connectivity index (χ1) is 11.8. The number of benzene rings is 2. The zero-order valence-corrected chi connectivity index (χ0v) is 14.9. The SMILES string of the molecule is Brc1ccccc1-n1ccc([C@@H]2OCCN2Cc2ccccc2)c1. The van der Waals surface area contributed by atoms with Gasteiger partial charge in [0.05, 0.1) is 12.3 Å². The molecule has 4 rings (SSSR count). The van der Waals surface area contributed by atoms with Crippen LogP contribution in [0.15, 0.2) is 77.5 Å². The van der Waals surface area contributed by atoms with Gasteiger partial charge in [0.25, 0.3) is 0 Å². The summed E-state index contributed by atoms with van der Waals surface area (Å²) in [6.45, 7) is 2.64. The number of hydrogen-bond donors (Lipinski definition) is 0. The van der Waals surface area contributed by atoms with Crippen LogP contribution in [0.4, 0.5) is 0 Å². The van der Waals surface area contributed by atoms with E-state index in [-0.39, 0.29) is 6.23 Å². The van der Waals surface area contributed by atoms with Gasteiger partial charge in [-0.15, -0.1) is 0 Å². The van der Waals surface area contributed by atoms with Gasteiger partial charge >= 0.3 is 0 Å². The highest BCUT2D eigenvalue weighted by atomic mass is 79.9. The van der Waals surface area contributed by atoms with E-state index in [2.05, 4.69) is 86.3 Å². The molecule has 3 nitrogen and oxygen atoms in total. The van der Waals surface area contributed by atoms with E-state index in [0.717, 1.165) is 29.9 Å². The molecule has 24 heavy (non-hydrogen) atoms. The summed E-state index contributed by atoms with van der Waals surface area (Å²) in [4.78, 5) is 2.38. The number of hydrogen-bond acceptors (Lipinski definition) is 2. The average Bonchev–Trinajstić information content (AvgIpc) is 3.25. The van der Waals surface area contributed by atoms with Crippen molar-refractivity contribution in [2.24, 2.45) is 0 Å². The normalized spacial score (nSPS) is 18.1. The fourth-order valence-electron chi connectivity index (χ4n) is 3.16. The fraction of sp³-hybridized carbons (Fsp3) is 0.200. The zero-order chi connectivity index (χ0) is 16.4. The van der Waals surface area contributed by atoms with Gasteiger partial charge in [-0.3, -0.25) is 4.90 Å². The third-order valence-electron chi connectivity index (χ3n) is 4.35. The minimum absolute atomic E-state index is 0.0222. The van der Waals surface area contributed by atoms with Crippen LogP contribution >= 0.6 is 15.9 Å². The summed E-state index contributed by atoms with van der Waals surface area (Å²) in [5.74, 6) is 0. The van der Waals surface area contributed by atoms with Crippen LogP contribution in [0, 0.1) is 0 Å². The standard InChI is InChI=1S/C20H19BrN2O/c21-18-8-4-5-9-19(18)22-11-10-17(15-22)20-23(12-13-24-20)14-16-6-2-1-3-7-16/h1-11,15,20H,12-14H2/t20-/m0/s1. The Kier molecular flexibility index (Phi) is 4.52. The lowest BCUT2D eigenvalue weighted by Crippen LogP contribution is -2.23. The molecule has 1 aliphatic rings. The maximum absolute atomic E-state index is 6.00. The largest absolute Gasteiger partial charge is 0.357 e. The van der Waals surface area contributed by atoms with E-state index >= 15 is 0 Å². The molecule has 0 radical (unpaired) electrons. The Morgan fingerprint density at radius 2 is 1.79 bits per heavy atom. The first-order valence-electron chi connectivity index (χ1n) is 8.13. The van der Waals surface area contributed by atoms with Gasteiger partial charge < -0.3 is 9.30 Å². The maximum Gasteiger partial charge on any atom is 0.138 e. The van der Waals surface area contributed by atoms with E-state index in [1.807, 2.05) is 12.1 Å². The van der Waals surface area contributed by atoms with Gasteiger partial charge in [0.1, 0.15) is 6.23 Å². The summed E-state index contributed by atoms with van der Waals surface area (Å²) >= 11 is 3.62. The molecule has 0 amide bonds. The molecule has 1 aliphatic heterocycles. The molecule has 122 valence electrons. The topological polar surface area (TPSA) is 17.4 Å². The van der Waals surface area contributed by atoms with Crippen LogP contribution < -0.4 is 0 Å². The number of halogens is 1. The Morgan fingerprint density at radius 1 is 1.00 bits per heavy atom. The minimum atomic E-state index is 0.0222. The van der Waals surface area contributed by atoms with Gasteiger partial charge in [-0.25, -0.2) is 0 Å². The fourth-order valence-corrected chi connectivity index (χ4v) is 3.65. The summed E-state index contributed by atoms with van der Waals surface area (Å²) in [7, 11) is 0. The molecule has 3 aromatic rings. The molecule has 0 spiro atoms. The van der Waals surface area contributed by atoms with Crippen LogP contribution in [0.25, 0.3) is 5.69 Å². The molecule has 0 aliphatic carbocycles. The quantitative estimate of drug-likeness (QED) is 0.646. The Balaban J connectivity index is 1.56. The second-order valence-electron chi connectivity index (χ2n) is 5.98. The molecule has 1 aromatic heterocycles. The summed E-state index contributed by atoms with van der Waals surface area (Å²) in [6, 6.07) is 21.0. The van der Waals surface area contributed by atoms with Crippen LogP contribution in [0.2, 0.25) is 0 Å². The number of aromatic nitrogens is 1.